The summed E-state index contributed by atoms with van der Waals surface area (Å²) in [4.78, 5) is 0.727. The topological polar surface area (TPSA) is 9.23 Å². The van der Waals surface area contributed by atoms with E-state index in [-0.39, 0.29) is 0 Å². The third-order valence-corrected chi connectivity index (χ3v) is 7.66. The Morgan fingerprint density at radius 2 is 1.68 bits per heavy atom. The van der Waals surface area contributed by atoms with Crippen molar-refractivity contribution in [2.45, 2.75) is 88.7 Å². The molecule has 0 aromatic rings. The molecule has 0 amide bonds. The minimum absolute atomic E-state index is 0.505. The van der Waals surface area contributed by atoms with Gasteiger partial charge in [-0.2, -0.15) is 0 Å². The lowest BCUT2D eigenvalue weighted by Crippen LogP contribution is -2.57. The zero-order valence-electron chi connectivity index (χ0n) is 12.5. The maximum Gasteiger partial charge on any atom is 0.0656 e. The van der Waals surface area contributed by atoms with Crippen molar-refractivity contribution >= 4 is 15.9 Å². The third kappa shape index (κ3) is 2.64. The first-order valence-electron chi connectivity index (χ1n) is 8.41. The fraction of sp³-hybridized carbons (Fsp3) is 1.00. The Bertz CT molecular complexity index is 310. The number of hydrogen-bond acceptors (Lipinski definition) is 1. The van der Waals surface area contributed by atoms with Crippen LogP contribution >= 0.6 is 15.9 Å². The van der Waals surface area contributed by atoms with Crippen LogP contribution in [0.1, 0.15) is 71.6 Å². The molecule has 0 heterocycles. The molecule has 0 bridgehead atoms. The second-order valence-electron chi connectivity index (χ2n) is 7.51. The number of ether oxygens (including phenoxy) is 1. The Kier molecular flexibility index (Phi) is 4.29. The second-order valence-corrected chi connectivity index (χ2v) is 8.62. The summed E-state index contributed by atoms with van der Waals surface area (Å²) in [5.74, 6) is 1.75. The predicted molar refractivity (Wildman–Crippen MR) is 83.7 cm³/mol. The summed E-state index contributed by atoms with van der Waals surface area (Å²) in [6.07, 6.45) is 13.4. The minimum Gasteiger partial charge on any atom is -0.374 e. The Hall–Kier alpha value is 0.440. The molecule has 1 nitrogen and oxygen atoms in total. The SMILES string of the molecule is CC1CCC(OC2CC(Br)C23CCCCC3)CC1C. The van der Waals surface area contributed by atoms with E-state index in [4.69, 9.17) is 4.74 Å². The lowest BCUT2D eigenvalue weighted by atomic mass is 9.58. The number of alkyl halides is 1. The molecule has 2 heteroatoms. The van der Waals surface area contributed by atoms with Crippen molar-refractivity contribution in [1.82, 2.24) is 0 Å². The number of halogens is 1. The van der Waals surface area contributed by atoms with Crippen molar-refractivity contribution in [3.63, 3.8) is 0 Å². The zero-order chi connectivity index (χ0) is 13.5. The first kappa shape index (κ1) is 14.4. The molecule has 5 atom stereocenters. The zero-order valence-corrected chi connectivity index (χ0v) is 14.1. The monoisotopic (exact) mass is 328 g/mol. The molecule has 3 aliphatic carbocycles. The molecule has 3 aliphatic rings. The first-order valence-corrected chi connectivity index (χ1v) is 9.33. The molecule has 0 radical (unpaired) electrons. The van der Waals surface area contributed by atoms with E-state index >= 15 is 0 Å². The van der Waals surface area contributed by atoms with Gasteiger partial charge in [-0.05, 0) is 50.4 Å². The fourth-order valence-corrected chi connectivity index (χ4v) is 5.68. The van der Waals surface area contributed by atoms with Gasteiger partial charge in [0, 0.05) is 10.2 Å². The van der Waals surface area contributed by atoms with Crippen LogP contribution in [0, 0.1) is 17.3 Å². The van der Waals surface area contributed by atoms with E-state index in [2.05, 4.69) is 29.8 Å². The van der Waals surface area contributed by atoms with Gasteiger partial charge < -0.3 is 4.74 Å². The highest BCUT2D eigenvalue weighted by atomic mass is 79.9. The van der Waals surface area contributed by atoms with Gasteiger partial charge in [0.25, 0.3) is 0 Å². The quantitative estimate of drug-likeness (QED) is 0.624. The summed E-state index contributed by atoms with van der Waals surface area (Å²) in [5, 5.41) is 0. The van der Waals surface area contributed by atoms with Crippen molar-refractivity contribution < 1.29 is 4.74 Å². The maximum absolute atomic E-state index is 6.58. The van der Waals surface area contributed by atoms with E-state index < -0.39 is 0 Å². The molecule has 3 fully saturated rings. The average Bonchev–Trinajstić information content (AvgIpc) is 2.43. The minimum atomic E-state index is 0.505. The van der Waals surface area contributed by atoms with Crippen LogP contribution in [0.15, 0.2) is 0 Å². The highest BCUT2D eigenvalue weighted by molar-refractivity contribution is 9.09. The van der Waals surface area contributed by atoms with E-state index in [1.54, 1.807) is 0 Å². The van der Waals surface area contributed by atoms with Gasteiger partial charge in [-0.1, -0.05) is 49.0 Å². The van der Waals surface area contributed by atoms with E-state index in [1.807, 2.05) is 0 Å². The summed E-state index contributed by atoms with van der Waals surface area (Å²) in [6.45, 7) is 4.81. The highest BCUT2D eigenvalue weighted by Gasteiger charge is 2.55. The Morgan fingerprint density at radius 1 is 0.947 bits per heavy atom. The molecule has 5 unspecified atom stereocenters. The number of hydrogen-bond donors (Lipinski definition) is 0. The van der Waals surface area contributed by atoms with Crippen LogP contribution in [0.4, 0.5) is 0 Å². The van der Waals surface area contributed by atoms with Crippen LogP contribution in [0.2, 0.25) is 0 Å². The third-order valence-electron chi connectivity index (χ3n) is 6.38. The molecule has 19 heavy (non-hydrogen) atoms. The van der Waals surface area contributed by atoms with Gasteiger partial charge in [0.05, 0.1) is 12.2 Å². The Morgan fingerprint density at radius 3 is 2.32 bits per heavy atom. The summed E-state index contributed by atoms with van der Waals surface area (Å²) in [6, 6.07) is 0. The van der Waals surface area contributed by atoms with Crippen LogP contribution < -0.4 is 0 Å². The molecule has 110 valence electrons. The summed E-state index contributed by atoms with van der Waals surface area (Å²) in [7, 11) is 0. The van der Waals surface area contributed by atoms with Gasteiger partial charge in [-0.3, -0.25) is 0 Å². The molecule has 0 saturated heterocycles. The van der Waals surface area contributed by atoms with E-state index in [1.165, 1.54) is 57.8 Å². The summed E-state index contributed by atoms with van der Waals surface area (Å²) < 4.78 is 6.58. The molecular formula is C17H29BrO. The van der Waals surface area contributed by atoms with Crippen molar-refractivity contribution in [3.05, 3.63) is 0 Å². The molecule has 0 N–H and O–H groups in total. The molecule has 0 aromatic carbocycles. The largest absolute Gasteiger partial charge is 0.374 e. The van der Waals surface area contributed by atoms with Gasteiger partial charge in [0.1, 0.15) is 0 Å². The molecule has 3 rings (SSSR count). The normalized spacial score (nSPS) is 45.9. The van der Waals surface area contributed by atoms with Crippen LogP contribution in [0.25, 0.3) is 0 Å². The first-order chi connectivity index (χ1) is 9.12. The summed E-state index contributed by atoms with van der Waals surface area (Å²) in [5.41, 5.74) is 0.505. The Balaban J connectivity index is 1.58. The van der Waals surface area contributed by atoms with E-state index in [0.717, 1.165) is 16.7 Å². The second kappa shape index (κ2) is 5.67. The lowest BCUT2D eigenvalue weighted by Gasteiger charge is -2.56. The molecule has 0 aromatic heterocycles. The molecule has 1 spiro atoms. The summed E-state index contributed by atoms with van der Waals surface area (Å²) >= 11 is 3.93. The number of rotatable bonds is 2. The van der Waals surface area contributed by atoms with Gasteiger partial charge >= 0.3 is 0 Å². The molecule has 3 saturated carbocycles. The highest BCUT2D eigenvalue weighted by Crippen LogP contribution is 2.57. The van der Waals surface area contributed by atoms with Gasteiger partial charge in [-0.15, -0.1) is 0 Å². The van der Waals surface area contributed by atoms with Crippen molar-refractivity contribution in [2.75, 3.05) is 0 Å². The molecule has 0 aliphatic heterocycles. The average molecular weight is 329 g/mol. The van der Waals surface area contributed by atoms with Crippen molar-refractivity contribution in [1.29, 1.82) is 0 Å². The molecular weight excluding hydrogens is 300 g/mol. The van der Waals surface area contributed by atoms with E-state index in [0.29, 0.717) is 17.6 Å². The van der Waals surface area contributed by atoms with Crippen LogP contribution in [-0.4, -0.2) is 17.0 Å². The standard InChI is InChI=1S/C17H29BrO/c1-12-6-7-14(10-13(12)2)19-16-11-15(18)17(16)8-4-3-5-9-17/h12-16H,3-11H2,1-2H3. The van der Waals surface area contributed by atoms with Crippen LogP contribution in [0.3, 0.4) is 0 Å². The van der Waals surface area contributed by atoms with Crippen molar-refractivity contribution in [2.24, 2.45) is 17.3 Å². The van der Waals surface area contributed by atoms with Crippen LogP contribution in [0.5, 0.6) is 0 Å². The predicted octanol–water partition coefficient (Wildman–Crippen LogP) is 5.31. The van der Waals surface area contributed by atoms with Gasteiger partial charge in [0.15, 0.2) is 0 Å². The smallest absolute Gasteiger partial charge is 0.0656 e. The lowest BCUT2D eigenvalue weighted by molar-refractivity contribution is -0.161. The van der Waals surface area contributed by atoms with E-state index in [9.17, 15) is 0 Å². The van der Waals surface area contributed by atoms with Gasteiger partial charge in [-0.25, -0.2) is 0 Å². The Labute approximate surface area is 127 Å². The van der Waals surface area contributed by atoms with Gasteiger partial charge in [0.2, 0.25) is 0 Å². The van der Waals surface area contributed by atoms with Crippen molar-refractivity contribution in [3.8, 4) is 0 Å². The maximum atomic E-state index is 6.58. The fourth-order valence-electron chi connectivity index (χ4n) is 4.59. The van der Waals surface area contributed by atoms with Crippen LogP contribution in [-0.2, 0) is 4.74 Å².